The first-order valence-corrected chi connectivity index (χ1v) is 11.5. The molecule has 7 nitrogen and oxygen atoms in total. The lowest BCUT2D eigenvalue weighted by atomic mass is 9.92. The Morgan fingerprint density at radius 3 is 2.45 bits per heavy atom. The SMILES string of the molecule is O=C(Nc1ccc(N2CCC(CCN3CCOCC3)CC2)c(C(=O)O)c1)c1ccccc1F. The quantitative estimate of drug-likeness (QED) is 0.662. The summed E-state index contributed by atoms with van der Waals surface area (Å²) in [7, 11) is 0. The van der Waals surface area contributed by atoms with Crippen molar-refractivity contribution in [2.75, 3.05) is 56.2 Å². The van der Waals surface area contributed by atoms with Gasteiger partial charge in [0, 0.05) is 31.9 Å². The molecule has 4 rings (SSSR count). The summed E-state index contributed by atoms with van der Waals surface area (Å²) in [5, 5.41) is 12.4. The van der Waals surface area contributed by atoms with Crippen molar-refractivity contribution < 1.29 is 23.8 Å². The zero-order chi connectivity index (χ0) is 23.2. The topological polar surface area (TPSA) is 82.1 Å². The molecule has 2 aliphatic rings. The Labute approximate surface area is 193 Å². The van der Waals surface area contributed by atoms with E-state index in [1.165, 1.54) is 24.3 Å². The van der Waals surface area contributed by atoms with Crippen LogP contribution in [0.15, 0.2) is 42.5 Å². The number of carbonyl (C=O) groups is 2. The molecule has 2 saturated heterocycles. The number of hydrogen-bond donors (Lipinski definition) is 2. The van der Waals surface area contributed by atoms with Crippen LogP contribution >= 0.6 is 0 Å². The van der Waals surface area contributed by atoms with Gasteiger partial charge < -0.3 is 20.1 Å². The summed E-state index contributed by atoms with van der Waals surface area (Å²) in [4.78, 5) is 28.9. The summed E-state index contributed by atoms with van der Waals surface area (Å²) in [5.41, 5.74) is 1.02. The molecule has 0 atom stereocenters. The van der Waals surface area contributed by atoms with Crippen molar-refractivity contribution in [2.45, 2.75) is 19.3 Å². The molecule has 0 spiro atoms. The number of benzene rings is 2. The predicted molar refractivity (Wildman–Crippen MR) is 125 cm³/mol. The molecule has 33 heavy (non-hydrogen) atoms. The van der Waals surface area contributed by atoms with Gasteiger partial charge in [0.05, 0.1) is 30.0 Å². The first kappa shape index (κ1) is 23.2. The maximum absolute atomic E-state index is 13.9. The maximum Gasteiger partial charge on any atom is 0.337 e. The molecule has 2 aromatic rings. The standard InChI is InChI=1S/C25H30FN3O4/c26-22-4-2-1-3-20(22)24(30)27-19-5-6-23(21(17-19)25(31)32)29-11-8-18(9-12-29)7-10-28-13-15-33-16-14-28/h1-6,17-18H,7-16H2,(H,27,30)(H,31,32). The van der Waals surface area contributed by atoms with Gasteiger partial charge in [-0.15, -0.1) is 0 Å². The molecular formula is C25H30FN3O4. The van der Waals surface area contributed by atoms with E-state index in [4.69, 9.17) is 4.74 Å². The van der Waals surface area contributed by atoms with Gasteiger partial charge in [-0.2, -0.15) is 0 Å². The average molecular weight is 456 g/mol. The molecule has 2 fully saturated rings. The Kier molecular flexibility index (Phi) is 7.57. The third-order valence-corrected chi connectivity index (χ3v) is 6.52. The van der Waals surface area contributed by atoms with E-state index in [1.807, 2.05) is 0 Å². The molecule has 2 aromatic carbocycles. The number of ether oxygens (including phenoxy) is 1. The number of hydrogen-bond acceptors (Lipinski definition) is 5. The van der Waals surface area contributed by atoms with Crippen LogP contribution in [0.3, 0.4) is 0 Å². The van der Waals surface area contributed by atoms with Gasteiger partial charge in [-0.3, -0.25) is 9.69 Å². The van der Waals surface area contributed by atoms with Crippen LogP contribution in [0.4, 0.5) is 15.8 Å². The van der Waals surface area contributed by atoms with Crippen LogP contribution < -0.4 is 10.2 Å². The van der Waals surface area contributed by atoms with Crippen molar-refractivity contribution in [3.63, 3.8) is 0 Å². The number of nitrogens with one attached hydrogen (secondary N) is 1. The number of halogens is 1. The number of carboxylic acids is 1. The van der Waals surface area contributed by atoms with Crippen LogP contribution in [-0.4, -0.2) is 67.8 Å². The van der Waals surface area contributed by atoms with E-state index in [1.54, 1.807) is 18.2 Å². The highest BCUT2D eigenvalue weighted by molar-refractivity contribution is 6.05. The van der Waals surface area contributed by atoms with E-state index in [-0.39, 0.29) is 11.1 Å². The molecule has 2 heterocycles. The summed E-state index contributed by atoms with van der Waals surface area (Å²) in [5.74, 6) is -1.65. The molecule has 0 aromatic heterocycles. The lowest BCUT2D eigenvalue weighted by Crippen LogP contribution is -2.39. The molecule has 0 radical (unpaired) electrons. The second-order valence-electron chi connectivity index (χ2n) is 8.64. The van der Waals surface area contributed by atoms with Crippen molar-refractivity contribution in [3.8, 4) is 0 Å². The zero-order valence-electron chi connectivity index (χ0n) is 18.6. The Morgan fingerprint density at radius 1 is 1.03 bits per heavy atom. The third kappa shape index (κ3) is 5.89. The summed E-state index contributed by atoms with van der Waals surface area (Å²) in [6.07, 6.45) is 3.20. The smallest absolute Gasteiger partial charge is 0.337 e. The van der Waals surface area contributed by atoms with Gasteiger partial charge in [0.25, 0.3) is 5.91 Å². The van der Waals surface area contributed by atoms with Crippen LogP contribution in [-0.2, 0) is 4.74 Å². The minimum absolute atomic E-state index is 0.0856. The van der Waals surface area contributed by atoms with Gasteiger partial charge >= 0.3 is 5.97 Å². The monoisotopic (exact) mass is 455 g/mol. The van der Waals surface area contributed by atoms with Crippen LogP contribution in [0.2, 0.25) is 0 Å². The van der Waals surface area contributed by atoms with Gasteiger partial charge in [0.15, 0.2) is 0 Å². The van der Waals surface area contributed by atoms with E-state index in [9.17, 15) is 19.1 Å². The molecule has 0 unspecified atom stereocenters. The first-order chi connectivity index (χ1) is 16.0. The molecule has 0 bridgehead atoms. The van der Waals surface area contributed by atoms with E-state index in [2.05, 4.69) is 15.1 Å². The summed E-state index contributed by atoms with van der Waals surface area (Å²) in [6, 6.07) is 10.5. The zero-order valence-corrected chi connectivity index (χ0v) is 18.6. The number of amides is 1. The van der Waals surface area contributed by atoms with E-state index < -0.39 is 17.7 Å². The van der Waals surface area contributed by atoms with Crippen molar-refractivity contribution in [1.29, 1.82) is 0 Å². The number of nitrogens with zero attached hydrogens (tertiary/aromatic N) is 2. The van der Waals surface area contributed by atoms with Crippen molar-refractivity contribution in [3.05, 3.63) is 59.4 Å². The molecular weight excluding hydrogens is 425 g/mol. The molecule has 2 N–H and O–H groups in total. The molecule has 1 amide bonds. The largest absolute Gasteiger partial charge is 0.478 e. The highest BCUT2D eigenvalue weighted by Gasteiger charge is 2.24. The number of anilines is 2. The maximum atomic E-state index is 13.9. The van der Waals surface area contributed by atoms with Crippen molar-refractivity contribution in [2.24, 2.45) is 5.92 Å². The van der Waals surface area contributed by atoms with Gasteiger partial charge in [-0.1, -0.05) is 12.1 Å². The number of aromatic carboxylic acids is 1. The van der Waals surface area contributed by atoms with Crippen molar-refractivity contribution in [1.82, 2.24) is 4.90 Å². The molecule has 0 aliphatic carbocycles. The van der Waals surface area contributed by atoms with Gasteiger partial charge in [-0.05, 0) is 62.1 Å². The second kappa shape index (κ2) is 10.8. The minimum Gasteiger partial charge on any atom is -0.478 e. The highest BCUT2D eigenvalue weighted by Crippen LogP contribution is 2.30. The van der Waals surface area contributed by atoms with E-state index >= 15 is 0 Å². The number of morpholine rings is 1. The number of carbonyl (C=O) groups excluding carboxylic acids is 1. The van der Waals surface area contributed by atoms with Gasteiger partial charge in [0.1, 0.15) is 5.82 Å². The van der Waals surface area contributed by atoms with E-state index in [0.717, 1.165) is 65.2 Å². The van der Waals surface area contributed by atoms with Crippen LogP contribution in [0.5, 0.6) is 0 Å². The third-order valence-electron chi connectivity index (χ3n) is 6.52. The molecule has 8 heteroatoms. The number of piperidine rings is 1. The molecule has 176 valence electrons. The lowest BCUT2D eigenvalue weighted by molar-refractivity contribution is 0.0349. The number of carboxylic acid groups (broad SMARTS) is 1. The van der Waals surface area contributed by atoms with Crippen LogP contribution in [0, 0.1) is 11.7 Å². The van der Waals surface area contributed by atoms with Gasteiger partial charge in [-0.25, -0.2) is 9.18 Å². The minimum atomic E-state index is -1.05. The fourth-order valence-corrected chi connectivity index (χ4v) is 4.56. The number of rotatable bonds is 7. The molecule has 0 saturated carbocycles. The van der Waals surface area contributed by atoms with Crippen LogP contribution in [0.25, 0.3) is 0 Å². The highest BCUT2D eigenvalue weighted by atomic mass is 19.1. The lowest BCUT2D eigenvalue weighted by Gasteiger charge is -2.35. The Bertz CT molecular complexity index is 985. The van der Waals surface area contributed by atoms with E-state index in [0.29, 0.717) is 17.3 Å². The normalized spacial score (nSPS) is 17.7. The summed E-state index contributed by atoms with van der Waals surface area (Å²) >= 11 is 0. The Balaban J connectivity index is 1.37. The average Bonchev–Trinajstić information content (AvgIpc) is 2.84. The summed E-state index contributed by atoms with van der Waals surface area (Å²) in [6.45, 7) is 6.32. The Hall–Kier alpha value is -2.97. The van der Waals surface area contributed by atoms with Gasteiger partial charge in [0.2, 0.25) is 0 Å². The first-order valence-electron chi connectivity index (χ1n) is 11.5. The fourth-order valence-electron chi connectivity index (χ4n) is 4.56. The van der Waals surface area contributed by atoms with Crippen LogP contribution in [0.1, 0.15) is 40.0 Å². The molecule has 2 aliphatic heterocycles. The summed E-state index contributed by atoms with van der Waals surface area (Å²) < 4.78 is 19.3. The Morgan fingerprint density at radius 2 is 1.76 bits per heavy atom. The fraction of sp³-hybridized carbons (Fsp3) is 0.440. The second-order valence-corrected chi connectivity index (χ2v) is 8.64. The predicted octanol–water partition coefficient (Wildman–Crippen LogP) is 3.71. The van der Waals surface area contributed by atoms with Crippen molar-refractivity contribution >= 4 is 23.3 Å².